The zero-order chi connectivity index (χ0) is 13.7. The average molecular weight is 256 g/mol. The first-order valence-corrected chi connectivity index (χ1v) is 6.17. The van der Waals surface area contributed by atoms with Gasteiger partial charge in [0, 0.05) is 5.92 Å². The summed E-state index contributed by atoms with van der Waals surface area (Å²) in [7, 11) is 0. The van der Waals surface area contributed by atoms with E-state index in [9.17, 15) is 15.0 Å². The van der Waals surface area contributed by atoms with Crippen LogP contribution in [-0.2, 0) is 4.79 Å². The van der Waals surface area contributed by atoms with Gasteiger partial charge in [0.2, 0.25) is 0 Å². The lowest BCUT2D eigenvalue weighted by Gasteiger charge is -2.23. The van der Waals surface area contributed by atoms with Gasteiger partial charge in [-0.2, -0.15) is 0 Å². The minimum Gasteiger partial charge on any atom is -0.481 e. The maximum Gasteiger partial charge on any atom is 0.311 e. The molecule has 2 rings (SSSR count). The Morgan fingerprint density at radius 3 is 1.79 bits per heavy atom. The molecule has 2 N–H and O–H groups in total. The quantitative estimate of drug-likeness (QED) is 0.864. The number of hydrogen-bond donors (Lipinski definition) is 2. The van der Waals surface area contributed by atoms with Crippen LogP contribution in [-0.4, -0.2) is 22.8 Å². The molecule has 0 radical (unpaired) electrons. The summed E-state index contributed by atoms with van der Waals surface area (Å²) in [4.78, 5) is 11.6. The maximum atomic E-state index is 11.6. The number of aliphatic hydroxyl groups is 1. The van der Waals surface area contributed by atoms with Crippen molar-refractivity contribution in [3.05, 3.63) is 71.8 Å². The minimum atomic E-state index is -0.922. The second-order valence-electron chi connectivity index (χ2n) is 4.43. The summed E-state index contributed by atoms with van der Waals surface area (Å²) in [5, 5.41) is 19.1. The van der Waals surface area contributed by atoms with E-state index < -0.39 is 17.8 Å². The molecule has 2 aromatic carbocycles. The van der Waals surface area contributed by atoms with Crippen LogP contribution in [0, 0.1) is 0 Å². The lowest BCUT2D eigenvalue weighted by atomic mass is 9.82. The predicted molar refractivity (Wildman–Crippen MR) is 73.1 cm³/mol. The van der Waals surface area contributed by atoms with E-state index >= 15 is 0 Å². The fraction of sp³-hybridized carbons (Fsp3) is 0.188. The molecule has 0 saturated heterocycles. The van der Waals surface area contributed by atoms with Crippen molar-refractivity contribution < 1.29 is 15.0 Å². The Morgan fingerprint density at radius 2 is 1.37 bits per heavy atom. The molecule has 2 unspecified atom stereocenters. The zero-order valence-electron chi connectivity index (χ0n) is 10.4. The molecular formula is C16H16O3. The highest BCUT2D eigenvalue weighted by Crippen LogP contribution is 2.32. The van der Waals surface area contributed by atoms with E-state index in [1.165, 1.54) is 0 Å². The SMILES string of the molecule is O=C(O)C(c1ccccc1)C(CO)c1ccccc1. The molecule has 19 heavy (non-hydrogen) atoms. The second kappa shape index (κ2) is 6.16. The Hall–Kier alpha value is -2.13. The minimum absolute atomic E-state index is 0.199. The number of rotatable bonds is 5. The summed E-state index contributed by atoms with van der Waals surface area (Å²) in [6.45, 7) is -0.199. The van der Waals surface area contributed by atoms with Gasteiger partial charge in [0.1, 0.15) is 0 Å². The molecule has 2 aromatic rings. The Bertz CT molecular complexity index is 522. The number of benzene rings is 2. The molecule has 98 valence electrons. The monoisotopic (exact) mass is 256 g/mol. The van der Waals surface area contributed by atoms with Crippen LogP contribution in [0.4, 0.5) is 0 Å². The zero-order valence-corrected chi connectivity index (χ0v) is 10.4. The molecule has 0 fully saturated rings. The van der Waals surface area contributed by atoms with Crippen molar-refractivity contribution in [3.8, 4) is 0 Å². The van der Waals surface area contributed by atoms with Gasteiger partial charge in [-0.05, 0) is 11.1 Å². The van der Waals surface area contributed by atoms with Gasteiger partial charge in [-0.15, -0.1) is 0 Å². The summed E-state index contributed by atoms with van der Waals surface area (Å²) in [6, 6.07) is 18.3. The van der Waals surface area contributed by atoms with Gasteiger partial charge >= 0.3 is 5.97 Å². The first-order chi connectivity index (χ1) is 9.24. The van der Waals surface area contributed by atoms with Crippen LogP contribution in [0.5, 0.6) is 0 Å². The summed E-state index contributed by atoms with van der Waals surface area (Å²) < 4.78 is 0. The molecular weight excluding hydrogens is 240 g/mol. The van der Waals surface area contributed by atoms with E-state index in [1.54, 1.807) is 12.1 Å². The normalized spacial score (nSPS) is 13.7. The van der Waals surface area contributed by atoms with Gasteiger partial charge in [-0.3, -0.25) is 4.79 Å². The van der Waals surface area contributed by atoms with Crippen LogP contribution >= 0.6 is 0 Å². The Labute approximate surface area is 112 Å². The maximum absolute atomic E-state index is 11.6. The third-order valence-electron chi connectivity index (χ3n) is 3.25. The van der Waals surface area contributed by atoms with Crippen LogP contribution < -0.4 is 0 Å². The summed E-state index contributed by atoms with van der Waals surface area (Å²) in [6.07, 6.45) is 0. The summed E-state index contributed by atoms with van der Waals surface area (Å²) >= 11 is 0. The molecule has 0 aromatic heterocycles. The van der Waals surface area contributed by atoms with Crippen molar-refractivity contribution in [1.29, 1.82) is 0 Å². The molecule has 0 bridgehead atoms. The molecule has 0 amide bonds. The van der Waals surface area contributed by atoms with Gasteiger partial charge in [-0.25, -0.2) is 0 Å². The molecule has 0 heterocycles. The first-order valence-electron chi connectivity index (χ1n) is 6.17. The van der Waals surface area contributed by atoms with E-state index in [0.29, 0.717) is 5.56 Å². The molecule has 0 aliphatic carbocycles. The number of aliphatic carboxylic acids is 1. The third-order valence-corrected chi connectivity index (χ3v) is 3.25. The standard InChI is InChI=1S/C16H16O3/c17-11-14(12-7-3-1-4-8-12)15(16(18)19)13-9-5-2-6-10-13/h1-10,14-15,17H,11H2,(H,18,19). The van der Waals surface area contributed by atoms with Gasteiger partial charge < -0.3 is 10.2 Å². The van der Waals surface area contributed by atoms with Gasteiger partial charge in [0.25, 0.3) is 0 Å². The van der Waals surface area contributed by atoms with E-state index in [0.717, 1.165) is 5.56 Å². The molecule has 0 saturated carbocycles. The van der Waals surface area contributed by atoms with E-state index in [2.05, 4.69) is 0 Å². The van der Waals surface area contributed by atoms with E-state index in [4.69, 9.17) is 0 Å². The van der Waals surface area contributed by atoms with Crippen molar-refractivity contribution in [2.75, 3.05) is 6.61 Å². The predicted octanol–water partition coefficient (Wildman–Crippen LogP) is 2.63. The molecule has 3 nitrogen and oxygen atoms in total. The van der Waals surface area contributed by atoms with Crippen LogP contribution in [0.15, 0.2) is 60.7 Å². The van der Waals surface area contributed by atoms with Crippen LogP contribution in [0.2, 0.25) is 0 Å². The van der Waals surface area contributed by atoms with Crippen molar-refractivity contribution in [1.82, 2.24) is 0 Å². The van der Waals surface area contributed by atoms with E-state index in [-0.39, 0.29) is 6.61 Å². The van der Waals surface area contributed by atoms with Crippen molar-refractivity contribution >= 4 is 5.97 Å². The van der Waals surface area contributed by atoms with Crippen molar-refractivity contribution in [2.24, 2.45) is 0 Å². The van der Waals surface area contributed by atoms with Crippen LogP contribution in [0.25, 0.3) is 0 Å². The first kappa shape index (κ1) is 13.3. The van der Waals surface area contributed by atoms with E-state index in [1.807, 2.05) is 48.5 Å². The highest BCUT2D eigenvalue weighted by molar-refractivity contribution is 5.77. The second-order valence-corrected chi connectivity index (χ2v) is 4.43. The Balaban J connectivity index is 2.41. The smallest absolute Gasteiger partial charge is 0.311 e. The molecule has 0 aliphatic rings. The third kappa shape index (κ3) is 3.01. The van der Waals surface area contributed by atoms with Crippen molar-refractivity contribution in [2.45, 2.75) is 11.8 Å². The van der Waals surface area contributed by atoms with Crippen LogP contribution in [0.3, 0.4) is 0 Å². The number of aliphatic hydroxyl groups excluding tert-OH is 1. The number of carbonyl (C=O) groups is 1. The highest BCUT2D eigenvalue weighted by atomic mass is 16.4. The van der Waals surface area contributed by atoms with Crippen LogP contribution in [0.1, 0.15) is 23.0 Å². The fourth-order valence-corrected chi connectivity index (χ4v) is 2.31. The summed E-state index contributed by atoms with van der Waals surface area (Å²) in [5.74, 6) is -2.11. The van der Waals surface area contributed by atoms with Gasteiger partial charge in [-0.1, -0.05) is 60.7 Å². The fourth-order valence-electron chi connectivity index (χ4n) is 2.31. The Morgan fingerprint density at radius 1 is 0.895 bits per heavy atom. The molecule has 0 spiro atoms. The largest absolute Gasteiger partial charge is 0.481 e. The topological polar surface area (TPSA) is 57.5 Å². The van der Waals surface area contributed by atoms with Gasteiger partial charge in [0.05, 0.1) is 12.5 Å². The van der Waals surface area contributed by atoms with Gasteiger partial charge in [0.15, 0.2) is 0 Å². The highest BCUT2D eigenvalue weighted by Gasteiger charge is 2.30. The number of carboxylic acid groups (broad SMARTS) is 1. The molecule has 3 heteroatoms. The van der Waals surface area contributed by atoms with Crippen molar-refractivity contribution in [3.63, 3.8) is 0 Å². The number of hydrogen-bond acceptors (Lipinski definition) is 2. The average Bonchev–Trinajstić information content (AvgIpc) is 2.46. The lowest BCUT2D eigenvalue weighted by molar-refractivity contribution is -0.139. The lowest BCUT2D eigenvalue weighted by Crippen LogP contribution is -2.22. The number of carboxylic acids is 1. The molecule has 2 atom stereocenters. The Kier molecular flexibility index (Phi) is 4.31. The molecule has 0 aliphatic heterocycles. The summed E-state index contributed by atoms with van der Waals surface area (Å²) in [5.41, 5.74) is 1.54.